The molecule has 0 aromatic heterocycles. The van der Waals surface area contributed by atoms with Crippen molar-refractivity contribution in [2.45, 2.75) is 0 Å². The van der Waals surface area contributed by atoms with Gasteiger partial charge in [0.2, 0.25) is 0 Å². The maximum atomic E-state index is 8.77. The van der Waals surface area contributed by atoms with Gasteiger partial charge < -0.3 is 23.8 Å². The monoisotopic (exact) mass is 240 g/mol. The van der Waals surface area contributed by atoms with Crippen LogP contribution in [0.5, 0.6) is 0 Å². The number of rotatable bonds is 0. The van der Waals surface area contributed by atoms with E-state index < -0.39 is 18.2 Å². The largest absolute Gasteiger partial charge is 2.00 e. The van der Waals surface area contributed by atoms with E-state index in [0.29, 0.717) is 0 Å². The van der Waals surface area contributed by atoms with Crippen LogP contribution >= 0.6 is 7.82 Å². The molecule has 0 aromatic carbocycles. The first-order chi connectivity index (χ1) is 4.00. The van der Waals surface area contributed by atoms with Crippen LogP contribution in [0.15, 0.2) is 0 Å². The summed E-state index contributed by atoms with van der Waals surface area (Å²) in [5.74, 6) is 0. The second-order valence-electron chi connectivity index (χ2n) is 0.899. The van der Waals surface area contributed by atoms with Crippen LogP contribution in [0.1, 0.15) is 0 Å². The van der Waals surface area contributed by atoms with Crippen LogP contribution in [0.3, 0.4) is 0 Å². The Hall–Kier alpha value is 1.75. The van der Waals surface area contributed by atoms with Gasteiger partial charge in [0.1, 0.15) is 0 Å². The van der Waals surface area contributed by atoms with Crippen LogP contribution in [-0.2, 0) is 15.0 Å². The zero-order chi connectivity index (χ0) is 9.00. The molecule has 64 valence electrons. The minimum Gasteiger partial charge on any atom is -0.759 e. The van der Waals surface area contributed by atoms with Crippen LogP contribution < -0.4 is 34.5 Å². The molecule has 0 spiro atoms. The van der Waals surface area contributed by atoms with E-state index in [0.717, 1.165) is 0 Å². The Morgan fingerprint density at radius 3 is 1.17 bits per heavy atom. The second-order valence-corrected chi connectivity index (χ2v) is 2.70. The molecule has 0 aromatic rings. The zero-order valence-corrected chi connectivity index (χ0v) is 11.0. The van der Waals surface area contributed by atoms with E-state index in [1.165, 1.54) is 0 Å². The summed E-state index contributed by atoms with van der Waals surface area (Å²) in [4.78, 5) is 22.9. The molecule has 8 nitrogen and oxygen atoms in total. The van der Waals surface area contributed by atoms with Gasteiger partial charge in [-0.05, 0) is 0 Å². The van der Waals surface area contributed by atoms with Crippen LogP contribution in [-0.4, -0.2) is 50.4 Å². The van der Waals surface area contributed by atoms with E-state index >= 15 is 0 Å². The first kappa shape index (κ1) is 23.5. The molecule has 0 rings (SSSR count). The van der Waals surface area contributed by atoms with Gasteiger partial charge in [-0.1, -0.05) is 0 Å². The topological polar surface area (TPSA) is 161 Å². The van der Waals surface area contributed by atoms with Crippen molar-refractivity contribution >= 4 is 41.3 Å². The quantitative estimate of drug-likeness (QED) is 0.183. The minimum atomic E-state index is -5.17. The molecule has 0 fully saturated rings. The van der Waals surface area contributed by atoms with Gasteiger partial charge >= 0.3 is 52.6 Å². The van der Waals surface area contributed by atoms with Crippen LogP contribution in [0, 0.1) is 0 Å². The average molecular weight is 240 g/mol. The van der Waals surface area contributed by atoms with E-state index in [9.17, 15) is 0 Å². The molecule has 0 atom stereocenters. The van der Waals surface area contributed by atoms with Crippen molar-refractivity contribution in [2.75, 3.05) is 0 Å². The molecule has 0 radical (unpaired) electrons. The first-order valence-electron chi connectivity index (χ1n) is 1.43. The van der Waals surface area contributed by atoms with Gasteiger partial charge in [0.15, 0.2) is 0 Å². The fourth-order valence-corrected chi connectivity index (χ4v) is 0. The first-order valence-corrected chi connectivity index (χ1v) is 4.30. The minimum absolute atomic E-state index is 0. The number of phosphoric acid groups is 1. The van der Waals surface area contributed by atoms with Gasteiger partial charge in [-0.25, -0.2) is 0 Å². The summed E-state index contributed by atoms with van der Waals surface area (Å²) >= 11 is 0. The maximum absolute atomic E-state index is 8.77. The molecular weight excluding hydrogens is 238 g/mol. The van der Waals surface area contributed by atoms with Crippen LogP contribution in [0.25, 0.3) is 0 Å². The third-order valence-corrected chi connectivity index (χ3v) is 0. The Balaban J connectivity index is -0.0000000457. The molecule has 2 N–H and O–H groups in total. The summed E-state index contributed by atoms with van der Waals surface area (Å²) in [6, 6.07) is 0. The molecule has 0 unspecified atom stereocenters. The molecule has 12 heteroatoms. The van der Waals surface area contributed by atoms with Crippen LogP contribution in [0.2, 0.25) is 0 Å². The van der Waals surface area contributed by atoms with Crippen molar-refractivity contribution in [1.29, 1.82) is 0 Å². The molecule has 0 aliphatic heterocycles. The van der Waals surface area contributed by atoms with Crippen molar-refractivity contribution < 1.29 is 66.3 Å². The van der Waals surface area contributed by atoms with Crippen molar-refractivity contribution in [3.63, 3.8) is 0 Å². The molecule has 0 bridgehead atoms. The van der Waals surface area contributed by atoms with Gasteiger partial charge in [0, 0.05) is 10.4 Å². The third-order valence-electron chi connectivity index (χ3n) is 0. The van der Waals surface area contributed by atoms with E-state index in [2.05, 4.69) is 0 Å². The molecule has 0 aliphatic rings. The summed E-state index contributed by atoms with van der Waals surface area (Å²) < 4.78 is 42.9. The van der Waals surface area contributed by atoms with E-state index in [4.69, 9.17) is 36.8 Å². The summed E-state index contributed by atoms with van der Waals surface area (Å²) in [7, 11) is -10.1. The Morgan fingerprint density at radius 1 is 1.17 bits per heavy atom. The van der Waals surface area contributed by atoms with E-state index in [-0.39, 0.29) is 52.6 Å². The Bertz CT molecular complexity index is 197. The van der Waals surface area contributed by atoms with Gasteiger partial charge in [-0.15, -0.1) is 0 Å². The fraction of sp³-hybridized carbons (Fsp3) is 0. The van der Waals surface area contributed by atoms with Crippen LogP contribution in [0.4, 0.5) is 0 Å². The molecule has 0 saturated carbocycles. The van der Waals surface area contributed by atoms with Gasteiger partial charge in [-0.2, -0.15) is 0 Å². The summed E-state index contributed by atoms with van der Waals surface area (Å²) in [6.45, 7) is 0. The summed E-state index contributed by atoms with van der Waals surface area (Å²) in [5, 5.41) is 0. The van der Waals surface area contributed by atoms with Gasteiger partial charge in [-0.3, -0.25) is 13.0 Å². The van der Waals surface area contributed by atoms with Gasteiger partial charge in [0.25, 0.3) is 7.82 Å². The standard InChI is InChI=1S/Mg.Na.H3O4P.H2O4S/c;;2*1-5(2,3)4/h;;(H3,1,2,3,4);(H2,1,2,3,4)/q+2;+1;;/p-3. The molecule has 0 amide bonds. The Labute approximate surface area is 107 Å². The third kappa shape index (κ3) is 445. The smallest absolute Gasteiger partial charge is 0.759 e. The second kappa shape index (κ2) is 9.31. The summed E-state index contributed by atoms with van der Waals surface area (Å²) in [6.07, 6.45) is 0. The van der Waals surface area contributed by atoms with Gasteiger partial charge in [0.05, 0.1) is 0 Å². The number of hydrogen-bond acceptors (Lipinski definition) is 6. The maximum Gasteiger partial charge on any atom is 2.00 e. The molecule has 0 heterocycles. The predicted molar refractivity (Wildman–Crippen MR) is 28.3 cm³/mol. The zero-order valence-electron chi connectivity index (χ0n) is 5.91. The van der Waals surface area contributed by atoms with E-state index in [1.54, 1.807) is 0 Å². The van der Waals surface area contributed by atoms with E-state index in [1.807, 2.05) is 0 Å². The molecule has 0 saturated heterocycles. The SMILES string of the molecule is O=P([O-])(O)O.O=S(=O)([O-])[O-].[Mg+2].[Na+]. The molecular formula is H2MgNaO8PS. The Kier molecular flexibility index (Phi) is 18.2. The fourth-order valence-electron chi connectivity index (χ4n) is 0. The summed E-state index contributed by atoms with van der Waals surface area (Å²) in [5.41, 5.74) is 0. The number of hydrogen-bond donors (Lipinski definition) is 2. The normalized spacial score (nSPS) is 9.75. The predicted octanol–water partition coefficient (Wildman–Crippen LogP) is -6.28. The average Bonchev–Trinajstić information content (AvgIpc) is 1.12. The Morgan fingerprint density at radius 2 is 1.17 bits per heavy atom. The molecule has 12 heavy (non-hydrogen) atoms. The van der Waals surface area contributed by atoms with Crippen molar-refractivity contribution in [2.24, 2.45) is 0 Å². The van der Waals surface area contributed by atoms with Crippen molar-refractivity contribution in [3.05, 3.63) is 0 Å². The van der Waals surface area contributed by atoms with Crippen molar-refractivity contribution in [1.82, 2.24) is 0 Å². The van der Waals surface area contributed by atoms with Crippen molar-refractivity contribution in [3.8, 4) is 0 Å². The molecule has 0 aliphatic carbocycles.